The molecule has 140 valence electrons. The Morgan fingerprint density at radius 1 is 1.00 bits per heavy atom. The van der Waals surface area contributed by atoms with Crippen molar-refractivity contribution in [2.45, 2.75) is 84.5 Å². The number of halogens is 1. The Balaban J connectivity index is 2.19. The zero-order valence-electron chi connectivity index (χ0n) is 15.8. The summed E-state index contributed by atoms with van der Waals surface area (Å²) in [4.78, 5) is 11.9. The quantitative estimate of drug-likeness (QED) is 0.242. The Hall–Kier alpha value is -1.35. The topological polar surface area (TPSA) is 41.5 Å². The van der Waals surface area contributed by atoms with Crippen molar-refractivity contribution in [2.75, 3.05) is 0 Å². The molecule has 0 aromatic heterocycles. The van der Waals surface area contributed by atoms with Crippen LogP contribution < -0.4 is 5.43 Å². The lowest BCUT2D eigenvalue weighted by Gasteiger charge is -2.06. The highest BCUT2D eigenvalue weighted by molar-refractivity contribution is 6.31. The SMILES string of the molecule is CCCCCCCCCCCC(=O)N/N=C(\CC)c1cccc(Cl)c1. The van der Waals surface area contributed by atoms with Gasteiger partial charge in [-0.15, -0.1) is 0 Å². The lowest BCUT2D eigenvalue weighted by Crippen LogP contribution is -2.19. The van der Waals surface area contributed by atoms with E-state index in [2.05, 4.69) is 17.5 Å². The van der Waals surface area contributed by atoms with Crippen molar-refractivity contribution < 1.29 is 4.79 Å². The number of amides is 1. The van der Waals surface area contributed by atoms with Crippen LogP contribution in [0.4, 0.5) is 0 Å². The maximum absolute atomic E-state index is 11.9. The molecule has 3 nitrogen and oxygen atoms in total. The first-order valence-corrected chi connectivity index (χ1v) is 10.2. The Morgan fingerprint density at radius 2 is 1.64 bits per heavy atom. The van der Waals surface area contributed by atoms with Crippen LogP contribution in [0.15, 0.2) is 29.4 Å². The Bertz CT molecular complexity index is 528. The van der Waals surface area contributed by atoms with Gasteiger partial charge in [-0.1, -0.05) is 88.9 Å². The van der Waals surface area contributed by atoms with Gasteiger partial charge in [0.2, 0.25) is 5.91 Å². The van der Waals surface area contributed by atoms with E-state index in [1.54, 1.807) is 0 Å². The third-order valence-electron chi connectivity index (χ3n) is 4.32. The molecular weight excluding hydrogens is 332 g/mol. The average Bonchev–Trinajstić information content (AvgIpc) is 2.61. The molecule has 0 spiro atoms. The van der Waals surface area contributed by atoms with E-state index in [1.165, 1.54) is 44.9 Å². The van der Waals surface area contributed by atoms with Crippen LogP contribution in [0.5, 0.6) is 0 Å². The number of hydrogen-bond acceptors (Lipinski definition) is 2. The van der Waals surface area contributed by atoms with Gasteiger partial charge in [-0.2, -0.15) is 5.10 Å². The minimum atomic E-state index is -0.00377. The zero-order valence-corrected chi connectivity index (χ0v) is 16.6. The number of nitrogens with zero attached hydrogens (tertiary/aromatic N) is 1. The molecular formula is C21H33ClN2O. The van der Waals surface area contributed by atoms with Crippen LogP contribution in [0.1, 0.15) is 90.0 Å². The molecule has 0 aliphatic rings. The van der Waals surface area contributed by atoms with E-state index in [9.17, 15) is 4.79 Å². The van der Waals surface area contributed by atoms with Crippen LogP contribution in [-0.2, 0) is 4.79 Å². The molecule has 1 aromatic carbocycles. The highest BCUT2D eigenvalue weighted by atomic mass is 35.5. The number of carbonyl (C=O) groups is 1. The zero-order chi connectivity index (χ0) is 18.3. The molecule has 1 rings (SSSR count). The van der Waals surface area contributed by atoms with Crippen molar-refractivity contribution in [3.63, 3.8) is 0 Å². The van der Waals surface area contributed by atoms with Crippen molar-refractivity contribution in [1.82, 2.24) is 5.43 Å². The number of hydrazone groups is 1. The molecule has 0 atom stereocenters. The van der Waals surface area contributed by atoms with Gasteiger partial charge >= 0.3 is 0 Å². The first-order chi connectivity index (χ1) is 12.2. The lowest BCUT2D eigenvalue weighted by atomic mass is 10.1. The monoisotopic (exact) mass is 364 g/mol. The summed E-state index contributed by atoms with van der Waals surface area (Å²) >= 11 is 6.01. The van der Waals surface area contributed by atoms with Crippen LogP contribution in [0.25, 0.3) is 0 Å². The lowest BCUT2D eigenvalue weighted by molar-refractivity contribution is -0.121. The predicted octanol–water partition coefficient (Wildman–Crippen LogP) is 6.49. The molecule has 0 saturated heterocycles. The maximum atomic E-state index is 11.9. The fourth-order valence-electron chi connectivity index (χ4n) is 2.80. The van der Waals surface area contributed by atoms with Crippen molar-refractivity contribution in [2.24, 2.45) is 5.10 Å². The number of benzene rings is 1. The number of nitrogens with one attached hydrogen (secondary N) is 1. The number of hydrogen-bond donors (Lipinski definition) is 1. The summed E-state index contributed by atoms with van der Waals surface area (Å²) in [5.41, 5.74) is 4.49. The minimum absolute atomic E-state index is 0.00377. The second kappa shape index (κ2) is 13.9. The molecule has 1 N–H and O–H groups in total. The van der Waals surface area contributed by atoms with E-state index >= 15 is 0 Å². The molecule has 0 aliphatic heterocycles. The number of rotatable bonds is 13. The minimum Gasteiger partial charge on any atom is -0.273 e. The van der Waals surface area contributed by atoms with Crippen LogP contribution in [0.2, 0.25) is 5.02 Å². The van der Waals surface area contributed by atoms with E-state index in [-0.39, 0.29) is 5.91 Å². The van der Waals surface area contributed by atoms with Crippen molar-refractivity contribution in [3.8, 4) is 0 Å². The van der Waals surface area contributed by atoms with Gasteiger partial charge in [0.15, 0.2) is 0 Å². The highest BCUT2D eigenvalue weighted by Gasteiger charge is 2.04. The first-order valence-electron chi connectivity index (χ1n) is 9.78. The highest BCUT2D eigenvalue weighted by Crippen LogP contribution is 2.13. The van der Waals surface area contributed by atoms with Crippen LogP contribution in [-0.4, -0.2) is 11.6 Å². The Kier molecular flexibility index (Phi) is 12.0. The van der Waals surface area contributed by atoms with Gasteiger partial charge in [0.1, 0.15) is 0 Å². The van der Waals surface area contributed by atoms with Gasteiger partial charge in [0.25, 0.3) is 0 Å². The average molecular weight is 365 g/mol. The van der Waals surface area contributed by atoms with Crippen molar-refractivity contribution >= 4 is 23.2 Å². The normalized spacial score (nSPS) is 11.6. The third-order valence-corrected chi connectivity index (χ3v) is 4.55. The molecule has 4 heteroatoms. The molecule has 0 saturated carbocycles. The molecule has 0 unspecified atom stereocenters. The van der Waals surface area contributed by atoms with Gasteiger partial charge < -0.3 is 0 Å². The summed E-state index contributed by atoms with van der Waals surface area (Å²) in [6.45, 7) is 4.26. The summed E-state index contributed by atoms with van der Waals surface area (Å²) in [5.74, 6) is -0.00377. The summed E-state index contributed by atoms with van der Waals surface area (Å²) in [6.07, 6.45) is 12.6. The van der Waals surface area contributed by atoms with E-state index in [1.807, 2.05) is 31.2 Å². The molecule has 1 amide bonds. The summed E-state index contributed by atoms with van der Waals surface area (Å²) in [5, 5.41) is 4.95. The largest absolute Gasteiger partial charge is 0.273 e. The van der Waals surface area contributed by atoms with Crippen LogP contribution >= 0.6 is 11.6 Å². The van der Waals surface area contributed by atoms with E-state index in [4.69, 9.17) is 11.6 Å². The molecule has 0 bridgehead atoms. The molecule has 25 heavy (non-hydrogen) atoms. The molecule has 0 aliphatic carbocycles. The summed E-state index contributed by atoms with van der Waals surface area (Å²) in [6, 6.07) is 7.56. The molecule has 0 radical (unpaired) electrons. The standard InChI is InChI=1S/C21H33ClN2O/c1-3-5-6-7-8-9-10-11-12-16-21(25)24-23-20(4-2)18-14-13-15-19(22)17-18/h13-15,17H,3-12,16H2,1-2H3,(H,24,25)/b23-20+. The van der Waals surface area contributed by atoms with Crippen molar-refractivity contribution in [3.05, 3.63) is 34.9 Å². The van der Waals surface area contributed by atoms with E-state index in [0.29, 0.717) is 11.4 Å². The van der Waals surface area contributed by atoms with E-state index in [0.717, 1.165) is 30.5 Å². The van der Waals surface area contributed by atoms with Gasteiger partial charge in [0.05, 0.1) is 5.71 Å². The third kappa shape index (κ3) is 10.3. The van der Waals surface area contributed by atoms with Crippen LogP contribution in [0, 0.1) is 0 Å². The predicted molar refractivity (Wildman–Crippen MR) is 108 cm³/mol. The molecule has 1 aromatic rings. The smallest absolute Gasteiger partial charge is 0.240 e. The van der Waals surface area contributed by atoms with Crippen LogP contribution in [0.3, 0.4) is 0 Å². The Morgan fingerprint density at radius 3 is 2.24 bits per heavy atom. The summed E-state index contributed by atoms with van der Waals surface area (Å²) < 4.78 is 0. The van der Waals surface area contributed by atoms with Gasteiger partial charge in [-0.25, -0.2) is 5.43 Å². The van der Waals surface area contributed by atoms with Gasteiger partial charge in [-0.05, 0) is 30.5 Å². The number of unbranched alkanes of at least 4 members (excludes halogenated alkanes) is 8. The van der Waals surface area contributed by atoms with E-state index < -0.39 is 0 Å². The maximum Gasteiger partial charge on any atom is 0.240 e. The van der Waals surface area contributed by atoms with Crippen molar-refractivity contribution in [1.29, 1.82) is 0 Å². The van der Waals surface area contributed by atoms with Gasteiger partial charge in [0, 0.05) is 11.4 Å². The van der Waals surface area contributed by atoms with Gasteiger partial charge in [-0.3, -0.25) is 4.79 Å². The fourth-order valence-corrected chi connectivity index (χ4v) is 2.99. The molecule has 0 fully saturated rings. The second-order valence-electron chi connectivity index (χ2n) is 6.54. The summed E-state index contributed by atoms with van der Waals surface area (Å²) in [7, 11) is 0. The first kappa shape index (κ1) is 21.7. The Labute approximate surface area is 158 Å². The fraction of sp³-hybridized carbons (Fsp3) is 0.619. The second-order valence-corrected chi connectivity index (χ2v) is 6.97. The number of carbonyl (C=O) groups excluding carboxylic acids is 1. The molecule has 0 heterocycles.